The van der Waals surface area contributed by atoms with Crippen LogP contribution in [0.1, 0.15) is 18.1 Å². The zero-order valence-corrected chi connectivity index (χ0v) is 11.7. The topological polar surface area (TPSA) is 29.9 Å². The average Bonchev–Trinajstić information content (AvgIpc) is 2.90. The Morgan fingerprint density at radius 3 is 2.55 bits per heavy atom. The van der Waals surface area contributed by atoms with Crippen molar-refractivity contribution in [3.05, 3.63) is 53.4 Å². The molecule has 1 aromatic heterocycles. The Hall–Kier alpha value is -1.75. The molecular weight excluding hydrogens is 260 g/mol. The third-order valence-electron chi connectivity index (χ3n) is 3.37. The largest absolute Gasteiger partial charge is 0.316 e. The van der Waals surface area contributed by atoms with Crippen molar-refractivity contribution in [2.45, 2.75) is 32.4 Å². The van der Waals surface area contributed by atoms with Gasteiger partial charge in [0.15, 0.2) is 11.6 Å². The third kappa shape index (κ3) is 3.63. The fraction of sp³-hybridized carbons (Fsp3) is 0.400. The van der Waals surface area contributed by atoms with Crippen LogP contribution in [0.15, 0.2) is 30.6 Å². The standard InChI is InChI=1S/C15H19F2N3/c1-3-20-10-12(9-19-20)7-13(18-2)6-11-4-5-14(16)15(17)8-11/h4-5,8-10,13,18H,3,6-7H2,1-2H3. The molecule has 2 rings (SSSR count). The van der Waals surface area contributed by atoms with Gasteiger partial charge >= 0.3 is 0 Å². The molecule has 0 amide bonds. The maximum Gasteiger partial charge on any atom is 0.159 e. The number of hydrogen-bond acceptors (Lipinski definition) is 2. The second-order valence-corrected chi connectivity index (χ2v) is 4.85. The summed E-state index contributed by atoms with van der Waals surface area (Å²) in [5.74, 6) is -1.60. The number of halogens is 2. The van der Waals surface area contributed by atoms with Gasteiger partial charge in [0.2, 0.25) is 0 Å². The lowest BCUT2D eigenvalue weighted by Gasteiger charge is -2.15. The number of nitrogens with zero attached hydrogens (tertiary/aromatic N) is 2. The summed E-state index contributed by atoms with van der Waals surface area (Å²) in [5, 5.41) is 7.44. The minimum atomic E-state index is -0.807. The van der Waals surface area contributed by atoms with Crippen molar-refractivity contribution in [1.29, 1.82) is 0 Å². The summed E-state index contributed by atoms with van der Waals surface area (Å²) in [7, 11) is 1.87. The van der Waals surface area contributed by atoms with Crippen LogP contribution in [0.3, 0.4) is 0 Å². The Labute approximate surface area is 117 Å². The third-order valence-corrected chi connectivity index (χ3v) is 3.37. The monoisotopic (exact) mass is 279 g/mol. The van der Waals surface area contributed by atoms with Crippen LogP contribution < -0.4 is 5.32 Å². The summed E-state index contributed by atoms with van der Waals surface area (Å²) >= 11 is 0. The molecule has 2 aromatic rings. The Morgan fingerprint density at radius 1 is 1.20 bits per heavy atom. The highest BCUT2D eigenvalue weighted by molar-refractivity contribution is 5.19. The normalized spacial score (nSPS) is 12.6. The van der Waals surface area contributed by atoms with Crippen molar-refractivity contribution < 1.29 is 8.78 Å². The first-order valence-electron chi connectivity index (χ1n) is 6.75. The van der Waals surface area contributed by atoms with Crippen LogP contribution in [0.25, 0.3) is 0 Å². The van der Waals surface area contributed by atoms with E-state index in [0.29, 0.717) is 6.42 Å². The lowest BCUT2D eigenvalue weighted by molar-refractivity contribution is 0.503. The van der Waals surface area contributed by atoms with E-state index in [1.54, 1.807) is 6.07 Å². The van der Waals surface area contributed by atoms with Gasteiger partial charge in [-0.3, -0.25) is 4.68 Å². The molecule has 20 heavy (non-hydrogen) atoms. The van der Waals surface area contributed by atoms with E-state index in [1.165, 1.54) is 12.1 Å². The molecule has 0 spiro atoms. The zero-order valence-electron chi connectivity index (χ0n) is 11.7. The van der Waals surface area contributed by atoms with E-state index in [0.717, 1.165) is 24.1 Å². The van der Waals surface area contributed by atoms with Crippen LogP contribution >= 0.6 is 0 Å². The average molecular weight is 279 g/mol. The first kappa shape index (κ1) is 14.7. The summed E-state index contributed by atoms with van der Waals surface area (Å²) in [6.45, 7) is 2.88. The Kier molecular flexibility index (Phi) is 4.84. The van der Waals surface area contributed by atoms with E-state index in [2.05, 4.69) is 10.4 Å². The molecule has 3 nitrogen and oxygen atoms in total. The van der Waals surface area contributed by atoms with Crippen molar-refractivity contribution in [1.82, 2.24) is 15.1 Å². The van der Waals surface area contributed by atoms with Gasteiger partial charge in [0.05, 0.1) is 6.20 Å². The van der Waals surface area contributed by atoms with Crippen LogP contribution in [-0.4, -0.2) is 22.9 Å². The summed E-state index contributed by atoms with van der Waals surface area (Å²) in [6.07, 6.45) is 5.30. The number of hydrogen-bond donors (Lipinski definition) is 1. The van der Waals surface area contributed by atoms with E-state index >= 15 is 0 Å². The highest BCUT2D eigenvalue weighted by atomic mass is 19.2. The predicted molar refractivity (Wildman–Crippen MR) is 74.5 cm³/mol. The van der Waals surface area contributed by atoms with Crippen LogP contribution in [0.2, 0.25) is 0 Å². The van der Waals surface area contributed by atoms with Crippen molar-refractivity contribution >= 4 is 0 Å². The molecule has 0 aliphatic rings. The van der Waals surface area contributed by atoms with E-state index in [9.17, 15) is 8.78 Å². The summed E-state index contributed by atoms with van der Waals surface area (Å²) in [4.78, 5) is 0. The van der Waals surface area contributed by atoms with Gasteiger partial charge in [-0.1, -0.05) is 6.07 Å². The zero-order chi connectivity index (χ0) is 14.5. The minimum Gasteiger partial charge on any atom is -0.316 e. The smallest absolute Gasteiger partial charge is 0.159 e. The van der Waals surface area contributed by atoms with Crippen LogP contribution in [0.5, 0.6) is 0 Å². The van der Waals surface area contributed by atoms with Crippen molar-refractivity contribution in [2.24, 2.45) is 0 Å². The molecule has 0 radical (unpaired) electrons. The van der Waals surface area contributed by atoms with Gasteiger partial charge in [-0.25, -0.2) is 8.78 Å². The number of rotatable bonds is 6. The number of benzene rings is 1. The van der Waals surface area contributed by atoms with E-state index in [1.807, 2.05) is 31.0 Å². The highest BCUT2D eigenvalue weighted by Crippen LogP contribution is 2.12. The molecule has 1 N–H and O–H groups in total. The minimum absolute atomic E-state index is 0.161. The summed E-state index contributed by atoms with van der Waals surface area (Å²) < 4.78 is 28.0. The Balaban J connectivity index is 2.02. The molecular formula is C15H19F2N3. The molecule has 1 atom stereocenters. The Bertz CT molecular complexity index is 566. The Morgan fingerprint density at radius 2 is 1.95 bits per heavy atom. The van der Waals surface area contributed by atoms with Gasteiger partial charge in [-0.2, -0.15) is 5.10 Å². The first-order chi connectivity index (χ1) is 9.62. The SMILES string of the molecule is CCn1cc(CC(Cc2ccc(F)c(F)c2)NC)cn1. The van der Waals surface area contributed by atoms with E-state index in [4.69, 9.17) is 0 Å². The molecule has 0 aliphatic carbocycles. The maximum absolute atomic E-state index is 13.2. The molecule has 0 saturated carbocycles. The molecule has 1 heterocycles. The van der Waals surface area contributed by atoms with Crippen molar-refractivity contribution in [3.8, 4) is 0 Å². The van der Waals surface area contributed by atoms with Gasteiger partial charge in [-0.05, 0) is 50.1 Å². The molecule has 0 saturated heterocycles. The lowest BCUT2D eigenvalue weighted by Crippen LogP contribution is -2.29. The van der Waals surface area contributed by atoms with E-state index in [-0.39, 0.29) is 6.04 Å². The molecule has 5 heteroatoms. The number of likely N-dealkylation sites (N-methyl/N-ethyl adjacent to an activating group) is 1. The van der Waals surface area contributed by atoms with Gasteiger partial charge in [0.25, 0.3) is 0 Å². The number of aromatic nitrogens is 2. The molecule has 1 unspecified atom stereocenters. The van der Waals surface area contributed by atoms with Gasteiger partial charge in [0.1, 0.15) is 0 Å². The molecule has 108 valence electrons. The summed E-state index contributed by atoms with van der Waals surface area (Å²) in [6, 6.07) is 4.22. The molecule has 0 fully saturated rings. The first-order valence-corrected chi connectivity index (χ1v) is 6.75. The van der Waals surface area contributed by atoms with Crippen molar-refractivity contribution in [3.63, 3.8) is 0 Å². The highest BCUT2D eigenvalue weighted by Gasteiger charge is 2.11. The predicted octanol–water partition coefficient (Wildman–Crippen LogP) is 2.55. The van der Waals surface area contributed by atoms with Crippen LogP contribution in [0.4, 0.5) is 8.78 Å². The van der Waals surface area contributed by atoms with E-state index < -0.39 is 11.6 Å². The summed E-state index contributed by atoms with van der Waals surface area (Å²) in [5.41, 5.74) is 1.92. The molecule has 1 aromatic carbocycles. The van der Waals surface area contributed by atoms with Gasteiger partial charge in [0, 0.05) is 18.8 Å². The van der Waals surface area contributed by atoms with Gasteiger partial charge in [-0.15, -0.1) is 0 Å². The molecule has 0 bridgehead atoms. The lowest BCUT2D eigenvalue weighted by atomic mass is 10.0. The fourth-order valence-electron chi connectivity index (χ4n) is 2.20. The van der Waals surface area contributed by atoms with Gasteiger partial charge < -0.3 is 5.32 Å². The molecule has 0 aliphatic heterocycles. The van der Waals surface area contributed by atoms with Crippen LogP contribution in [0, 0.1) is 11.6 Å². The maximum atomic E-state index is 13.2. The second kappa shape index (κ2) is 6.61. The quantitative estimate of drug-likeness (QED) is 0.880. The number of aryl methyl sites for hydroxylation is 1. The second-order valence-electron chi connectivity index (χ2n) is 4.85. The van der Waals surface area contributed by atoms with Crippen LogP contribution in [-0.2, 0) is 19.4 Å². The fourth-order valence-corrected chi connectivity index (χ4v) is 2.20. The number of nitrogens with one attached hydrogen (secondary N) is 1. The van der Waals surface area contributed by atoms with Crippen molar-refractivity contribution in [2.75, 3.05) is 7.05 Å².